The van der Waals surface area contributed by atoms with Crippen LogP contribution in [-0.2, 0) is 14.1 Å². The number of nitrogen functional groups attached to an aromatic ring is 1. The monoisotopic (exact) mass is 304 g/mol. The first-order valence-corrected chi connectivity index (χ1v) is 6.39. The van der Waals surface area contributed by atoms with Gasteiger partial charge in [-0.2, -0.15) is 5.10 Å². The third kappa shape index (κ3) is 1.54. The van der Waals surface area contributed by atoms with Gasteiger partial charge in [0.05, 0.1) is 17.6 Å². The fourth-order valence-corrected chi connectivity index (χ4v) is 2.68. The molecule has 0 aliphatic heterocycles. The predicted octanol–water partition coefficient (Wildman–Crippen LogP) is 2.92. The van der Waals surface area contributed by atoms with Crippen LogP contribution in [0.5, 0.6) is 0 Å². The predicted molar refractivity (Wildman–Crippen MR) is 77.2 cm³/mol. The Hall–Kier alpha value is -1.75. The van der Waals surface area contributed by atoms with E-state index in [1.54, 1.807) is 6.20 Å². The van der Waals surface area contributed by atoms with Gasteiger partial charge in [0.25, 0.3) is 0 Å². The molecule has 5 heteroatoms. The number of nitrogens with two attached hydrogens (primary N) is 1. The van der Waals surface area contributed by atoms with E-state index in [9.17, 15) is 0 Å². The lowest BCUT2D eigenvalue weighted by molar-refractivity contribution is 0.776. The summed E-state index contributed by atoms with van der Waals surface area (Å²) in [4.78, 5) is 0. The highest BCUT2D eigenvalue weighted by Crippen LogP contribution is 2.34. The third-order valence-corrected chi connectivity index (χ3v) is 3.67. The molecule has 3 aromatic rings. The van der Waals surface area contributed by atoms with E-state index in [0.29, 0.717) is 5.69 Å². The maximum Gasteiger partial charge on any atom is 0.0930 e. The molecule has 0 amide bonds. The molecule has 0 unspecified atom stereocenters. The van der Waals surface area contributed by atoms with Crippen LogP contribution in [0, 0.1) is 0 Å². The molecule has 0 fully saturated rings. The second-order valence-electron chi connectivity index (χ2n) is 4.39. The number of hydrogen-bond acceptors (Lipinski definition) is 2. The summed E-state index contributed by atoms with van der Waals surface area (Å²) in [7, 11) is 3.94. The van der Waals surface area contributed by atoms with Gasteiger partial charge in [-0.3, -0.25) is 4.68 Å². The molecule has 0 spiro atoms. The number of halogens is 1. The van der Waals surface area contributed by atoms with Crippen molar-refractivity contribution in [3.05, 3.63) is 35.1 Å². The Balaban J connectivity index is 2.37. The molecule has 18 heavy (non-hydrogen) atoms. The minimum Gasteiger partial charge on any atom is -0.396 e. The highest BCUT2D eigenvalue weighted by molar-refractivity contribution is 9.10. The Labute approximate surface area is 113 Å². The summed E-state index contributed by atoms with van der Waals surface area (Å²) in [5, 5.41) is 5.38. The molecule has 0 saturated heterocycles. The van der Waals surface area contributed by atoms with Crippen molar-refractivity contribution in [2.24, 2.45) is 14.1 Å². The van der Waals surface area contributed by atoms with Gasteiger partial charge in [-0.1, -0.05) is 22.0 Å². The van der Waals surface area contributed by atoms with Gasteiger partial charge in [0.1, 0.15) is 0 Å². The average Bonchev–Trinajstić information content (AvgIpc) is 2.81. The summed E-state index contributed by atoms with van der Waals surface area (Å²) in [5.41, 5.74) is 9.94. The van der Waals surface area contributed by atoms with Gasteiger partial charge in [0, 0.05) is 41.2 Å². The maximum atomic E-state index is 6.00. The number of hydrogen-bond donors (Lipinski definition) is 1. The number of nitrogens with zero attached hydrogens (tertiary/aromatic N) is 3. The zero-order chi connectivity index (χ0) is 12.9. The second kappa shape index (κ2) is 3.88. The highest BCUT2D eigenvalue weighted by atomic mass is 79.9. The minimum atomic E-state index is 0.702. The highest BCUT2D eigenvalue weighted by Gasteiger charge is 2.14. The molecule has 4 nitrogen and oxygen atoms in total. The topological polar surface area (TPSA) is 48.8 Å². The maximum absolute atomic E-state index is 6.00. The molecule has 0 aliphatic carbocycles. The largest absolute Gasteiger partial charge is 0.396 e. The van der Waals surface area contributed by atoms with Crippen LogP contribution in [0.15, 0.2) is 35.1 Å². The summed E-state index contributed by atoms with van der Waals surface area (Å²) in [5.74, 6) is 0. The molecule has 3 rings (SSSR count). The Bertz CT molecular complexity index is 719. The van der Waals surface area contributed by atoms with Crippen LogP contribution in [-0.4, -0.2) is 14.3 Å². The van der Waals surface area contributed by atoms with Crippen molar-refractivity contribution < 1.29 is 0 Å². The van der Waals surface area contributed by atoms with E-state index in [0.717, 1.165) is 15.7 Å². The van der Waals surface area contributed by atoms with Crippen molar-refractivity contribution in [2.45, 2.75) is 0 Å². The van der Waals surface area contributed by atoms with Crippen molar-refractivity contribution in [1.82, 2.24) is 14.3 Å². The molecule has 0 saturated carbocycles. The van der Waals surface area contributed by atoms with Crippen LogP contribution < -0.4 is 5.73 Å². The van der Waals surface area contributed by atoms with Crippen LogP contribution in [0.4, 0.5) is 5.69 Å². The summed E-state index contributed by atoms with van der Waals surface area (Å²) in [6.07, 6.45) is 3.78. The molecule has 2 heterocycles. The van der Waals surface area contributed by atoms with E-state index in [2.05, 4.69) is 43.9 Å². The van der Waals surface area contributed by atoms with Crippen molar-refractivity contribution in [3.8, 4) is 11.3 Å². The zero-order valence-electron chi connectivity index (χ0n) is 10.2. The van der Waals surface area contributed by atoms with Gasteiger partial charge in [-0.15, -0.1) is 0 Å². The van der Waals surface area contributed by atoms with Crippen molar-refractivity contribution in [2.75, 3.05) is 5.73 Å². The molecule has 92 valence electrons. The molecule has 0 radical (unpaired) electrons. The molecule has 0 aliphatic rings. The fraction of sp³-hybridized carbons (Fsp3) is 0.154. The van der Waals surface area contributed by atoms with Gasteiger partial charge in [0.15, 0.2) is 0 Å². The van der Waals surface area contributed by atoms with Gasteiger partial charge < -0.3 is 10.3 Å². The number of benzene rings is 1. The van der Waals surface area contributed by atoms with Crippen LogP contribution >= 0.6 is 15.9 Å². The van der Waals surface area contributed by atoms with Crippen molar-refractivity contribution in [3.63, 3.8) is 0 Å². The number of aryl methyl sites for hydroxylation is 2. The molecular weight excluding hydrogens is 292 g/mol. The van der Waals surface area contributed by atoms with E-state index >= 15 is 0 Å². The van der Waals surface area contributed by atoms with E-state index in [1.807, 2.05) is 24.8 Å². The third-order valence-electron chi connectivity index (χ3n) is 3.17. The first kappa shape index (κ1) is 11.3. The Morgan fingerprint density at radius 2 is 2.06 bits per heavy atom. The van der Waals surface area contributed by atoms with Gasteiger partial charge in [-0.25, -0.2) is 0 Å². The summed E-state index contributed by atoms with van der Waals surface area (Å²) in [6, 6.07) is 6.24. The normalized spacial score (nSPS) is 11.3. The van der Waals surface area contributed by atoms with Crippen LogP contribution in [0.3, 0.4) is 0 Å². The first-order valence-electron chi connectivity index (χ1n) is 5.60. The number of fused-ring (bicyclic) bond motifs is 1. The molecule has 1 aromatic carbocycles. The number of rotatable bonds is 1. The Kier molecular flexibility index (Phi) is 2.45. The van der Waals surface area contributed by atoms with E-state index < -0.39 is 0 Å². The SMILES string of the molecule is Cn1ncc(N)c1-c1cn(C)c2cc(Br)ccc12. The fourth-order valence-electron chi connectivity index (χ4n) is 2.33. The molecule has 0 bridgehead atoms. The first-order chi connectivity index (χ1) is 8.58. The van der Waals surface area contributed by atoms with Crippen molar-refractivity contribution in [1.29, 1.82) is 0 Å². The Morgan fingerprint density at radius 3 is 2.72 bits per heavy atom. The summed E-state index contributed by atoms with van der Waals surface area (Å²) >= 11 is 3.50. The summed E-state index contributed by atoms with van der Waals surface area (Å²) in [6.45, 7) is 0. The molecule has 2 N–H and O–H groups in total. The standard InChI is InChI=1S/C13H13BrN4/c1-17-7-10(13-11(15)6-16-18(13)2)9-4-3-8(14)5-12(9)17/h3-7H,15H2,1-2H3. The minimum absolute atomic E-state index is 0.702. The van der Waals surface area contributed by atoms with Gasteiger partial charge in [0.2, 0.25) is 0 Å². The number of anilines is 1. The zero-order valence-corrected chi connectivity index (χ0v) is 11.8. The van der Waals surface area contributed by atoms with Gasteiger partial charge >= 0.3 is 0 Å². The smallest absolute Gasteiger partial charge is 0.0930 e. The lowest BCUT2D eigenvalue weighted by atomic mass is 10.1. The van der Waals surface area contributed by atoms with E-state index in [4.69, 9.17) is 5.73 Å². The lowest BCUT2D eigenvalue weighted by Gasteiger charge is -2.02. The van der Waals surface area contributed by atoms with Crippen LogP contribution in [0.25, 0.3) is 22.2 Å². The molecule has 0 atom stereocenters. The second-order valence-corrected chi connectivity index (χ2v) is 5.30. The average molecular weight is 305 g/mol. The number of aromatic nitrogens is 3. The van der Waals surface area contributed by atoms with Crippen LogP contribution in [0.2, 0.25) is 0 Å². The van der Waals surface area contributed by atoms with Crippen LogP contribution in [0.1, 0.15) is 0 Å². The quantitative estimate of drug-likeness (QED) is 0.751. The van der Waals surface area contributed by atoms with Crippen molar-refractivity contribution >= 4 is 32.5 Å². The molecular formula is C13H13BrN4. The Morgan fingerprint density at radius 1 is 1.28 bits per heavy atom. The van der Waals surface area contributed by atoms with E-state index in [1.165, 1.54) is 10.9 Å². The lowest BCUT2D eigenvalue weighted by Crippen LogP contribution is -1.95. The van der Waals surface area contributed by atoms with Gasteiger partial charge in [-0.05, 0) is 12.1 Å². The summed E-state index contributed by atoms with van der Waals surface area (Å²) < 4.78 is 4.98. The van der Waals surface area contributed by atoms with E-state index in [-0.39, 0.29) is 0 Å². The molecule has 2 aromatic heterocycles.